The largest absolute Gasteiger partial charge is 0.393 e. The average Bonchev–Trinajstić information content (AvgIpc) is 2.43. The molecule has 0 saturated heterocycles. The Morgan fingerprint density at radius 1 is 1.33 bits per heavy atom. The third kappa shape index (κ3) is 3.16. The van der Waals surface area contributed by atoms with E-state index in [-0.39, 0.29) is 11.3 Å². The van der Waals surface area contributed by atoms with Crippen molar-refractivity contribution in [3.8, 4) is 0 Å². The Bertz CT molecular complexity index is 737. The normalized spacial score (nSPS) is 10.2. The summed E-state index contributed by atoms with van der Waals surface area (Å²) in [5.74, 6) is -1.64. The zero-order chi connectivity index (χ0) is 15.6. The number of para-hydroxylation sites is 1. The van der Waals surface area contributed by atoms with Crippen molar-refractivity contribution >= 4 is 38.9 Å². The fourth-order valence-corrected chi connectivity index (χ4v) is 2.08. The molecule has 1 amide bonds. The van der Waals surface area contributed by atoms with Gasteiger partial charge in [0.05, 0.1) is 22.2 Å². The molecule has 8 heteroatoms. The predicted molar refractivity (Wildman–Crippen MR) is 79.6 cm³/mol. The van der Waals surface area contributed by atoms with Gasteiger partial charge in [0.25, 0.3) is 11.6 Å². The van der Waals surface area contributed by atoms with Crippen molar-refractivity contribution in [1.29, 1.82) is 0 Å². The van der Waals surface area contributed by atoms with Crippen molar-refractivity contribution < 1.29 is 14.1 Å². The highest BCUT2D eigenvalue weighted by atomic mass is 79.9. The highest BCUT2D eigenvalue weighted by Crippen LogP contribution is 2.28. The summed E-state index contributed by atoms with van der Waals surface area (Å²) >= 11 is 3.24. The summed E-state index contributed by atoms with van der Waals surface area (Å²) in [5, 5.41) is 13.3. The molecule has 2 aromatic carbocycles. The number of nitrogens with one attached hydrogen (secondary N) is 1. The Morgan fingerprint density at radius 2 is 2.00 bits per heavy atom. The van der Waals surface area contributed by atoms with E-state index in [1.807, 2.05) is 0 Å². The number of nitrogens with zero attached hydrogens (tertiary/aromatic N) is 1. The number of hydrogen-bond acceptors (Lipinski definition) is 4. The number of anilines is 2. The lowest BCUT2D eigenvalue weighted by atomic mass is 10.1. The highest BCUT2D eigenvalue weighted by molar-refractivity contribution is 9.10. The van der Waals surface area contributed by atoms with E-state index in [1.165, 1.54) is 0 Å². The molecule has 0 fully saturated rings. The van der Waals surface area contributed by atoms with E-state index in [4.69, 9.17) is 5.73 Å². The number of nitro benzene ring substituents is 1. The van der Waals surface area contributed by atoms with E-state index in [2.05, 4.69) is 21.2 Å². The van der Waals surface area contributed by atoms with Crippen molar-refractivity contribution in [3.05, 3.63) is 62.4 Å². The van der Waals surface area contributed by atoms with Gasteiger partial charge in [-0.1, -0.05) is 12.1 Å². The fraction of sp³-hybridized carbons (Fsp3) is 0. The van der Waals surface area contributed by atoms with Crippen LogP contribution in [0.3, 0.4) is 0 Å². The standard InChI is InChI=1S/C13H9BrFN3O3/c14-9-3-1-2-4-10(9)17-13(19)8-5-7(15)6-11(12(8)16)18(20)21/h1-6H,16H2,(H,17,19). The minimum absolute atomic E-state index is 0.294. The molecule has 0 bridgehead atoms. The van der Waals surface area contributed by atoms with Crippen molar-refractivity contribution in [3.63, 3.8) is 0 Å². The minimum atomic E-state index is -0.909. The number of nitrogens with two attached hydrogens (primary N) is 1. The van der Waals surface area contributed by atoms with Gasteiger partial charge in [0.1, 0.15) is 11.5 Å². The fourth-order valence-electron chi connectivity index (χ4n) is 1.69. The molecule has 2 rings (SSSR count). The summed E-state index contributed by atoms with van der Waals surface area (Å²) in [5.41, 5.74) is 4.68. The molecule has 2 aromatic rings. The molecule has 0 heterocycles. The molecular formula is C13H9BrFN3O3. The predicted octanol–water partition coefficient (Wildman–Crippen LogP) is 3.33. The number of halogens is 2. The lowest BCUT2D eigenvalue weighted by molar-refractivity contribution is -0.384. The zero-order valence-corrected chi connectivity index (χ0v) is 12.1. The van der Waals surface area contributed by atoms with Gasteiger partial charge >= 0.3 is 0 Å². The molecule has 0 unspecified atom stereocenters. The van der Waals surface area contributed by atoms with Gasteiger partial charge in [0, 0.05) is 4.47 Å². The lowest BCUT2D eigenvalue weighted by Gasteiger charge is -2.09. The molecule has 0 aromatic heterocycles. The molecule has 0 aliphatic heterocycles. The molecule has 21 heavy (non-hydrogen) atoms. The van der Waals surface area contributed by atoms with E-state index < -0.39 is 22.3 Å². The highest BCUT2D eigenvalue weighted by Gasteiger charge is 2.22. The Kier molecular flexibility index (Phi) is 4.18. The van der Waals surface area contributed by atoms with Gasteiger partial charge < -0.3 is 11.1 Å². The van der Waals surface area contributed by atoms with E-state index in [0.29, 0.717) is 16.2 Å². The molecule has 0 radical (unpaired) electrons. The summed E-state index contributed by atoms with van der Waals surface area (Å²) in [7, 11) is 0. The smallest absolute Gasteiger partial charge is 0.295 e. The quantitative estimate of drug-likeness (QED) is 0.502. The van der Waals surface area contributed by atoms with Crippen molar-refractivity contribution in [2.75, 3.05) is 11.1 Å². The maximum absolute atomic E-state index is 13.4. The molecule has 0 aliphatic carbocycles. The van der Waals surface area contributed by atoms with Gasteiger partial charge in [-0.05, 0) is 34.1 Å². The summed E-state index contributed by atoms with van der Waals surface area (Å²) in [6.07, 6.45) is 0. The van der Waals surface area contributed by atoms with Crippen LogP contribution in [-0.2, 0) is 0 Å². The molecule has 108 valence electrons. The number of benzene rings is 2. The van der Waals surface area contributed by atoms with Crippen LogP contribution in [0, 0.1) is 15.9 Å². The molecule has 6 nitrogen and oxygen atoms in total. The Labute approximate surface area is 127 Å². The molecular weight excluding hydrogens is 345 g/mol. The van der Waals surface area contributed by atoms with E-state index in [0.717, 1.165) is 6.07 Å². The Morgan fingerprint density at radius 3 is 2.62 bits per heavy atom. The maximum Gasteiger partial charge on any atom is 0.295 e. The van der Waals surface area contributed by atoms with E-state index >= 15 is 0 Å². The van der Waals surface area contributed by atoms with Crippen LogP contribution < -0.4 is 11.1 Å². The summed E-state index contributed by atoms with van der Waals surface area (Å²) in [6.45, 7) is 0. The second kappa shape index (κ2) is 5.88. The van der Waals surface area contributed by atoms with Gasteiger partial charge in [0.15, 0.2) is 0 Å². The summed E-state index contributed by atoms with van der Waals surface area (Å²) < 4.78 is 14.0. The lowest BCUT2D eigenvalue weighted by Crippen LogP contribution is -2.15. The molecule has 0 spiro atoms. The number of carbonyl (C=O) groups excluding carboxylic acids is 1. The Hall–Kier alpha value is -2.48. The van der Waals surface area contributed by atoms with Crippen molar-refractivity contribution in [2.45, 2.75) is 0 Å². The van der Waals surface area contributed by atoms with Gasteiger partial charge in [0.2, 0.25) is 0 Å². The van der Waals surface area contributed by atoms with Gasteiger partial charge in [-0.25, -0.2) is 4.39 Å². The SMILES string of the molecule is Nc1c(C(=O)Nc2ccccc2Br)cc(F)cc1[N+](=O)[O-]. The van der Waals surface area contributed by atoms with Gasteiger partial charge in [-0.2, -0.15) is 0 Å². The minimum Gasteiger partial charge on any atom is -0.393 e. The van der Waals surface area contributed by atoms with E-state index in [9.17, 15) is 19.3 Å². The first-order chi connectivity index (χ1) is 9.90. The van der Waals surface area contributed by atoms with Crippen LogP contribution in [-0.4, -0.2) is 10.8 Å². The van der Waals surface area contributed by atoms with Crippen LogP contribution >= 0.6 is 15.9 Å². The van der Waals surface area contributed by atoms with Gasteiger partial charge in [-0.15, -0.1) is 0 Å². The maximum atomic E-state index is 13.4. The number of rotatable bonds is 3. The summed E-state index contributed by atoms with van der Waals surface area (Å²) in [6, 6.07) is 8.29. The van der Waals surface area contributed by atoms with Crippen molar-refractivity contribution in [1.82, 2.24) is 0 Å². The average molecular weight is 354 g/mol. The topological polar surface area (TPSA) is 98.3 Å². The van der Waals surface area contributed by atoms with Crippen LogP contribution in [0.5, 0.6) is 0 Å². The number of nitrogen functional groups attached to an aromatic ring is 1. The number of amides is 1. The van der Waals surface area contributed by atoms with Crippen LogP contribution in [0.4, 0.5) is 21.5 Å². The third-order valence-corrected chi connectivity index (χ3v) is 3.38. The van der Waals surface area contributed by atoms with E-state index in [1.54, 1.807) is 24.3 Å². The number of carbonyl (C=O) groups is 1. The second-order valence-electron chi connectivity index (χ2n) is 4.08. The second-order valence-corrected chi connectivity index (χ2v) is 4.93. The molecule has 0 atom stereocenters. The van der Waals surface area contributed by atoms with Crippen LogP contribution in [0.2, 0.25) is 0 Å². The first kappa shape index (κ1) is 14.9. The van der Waals surface area contributed by atoms with Gasteiger partial charge in [-0.3, -0.25) is 14.9 Å². The van der Waals surface area contributed by atoms with Crippen LogP contribution in [0.25, 0.3) is 0 Å². The first-order valence-corrected chi connectivity index (χ1v) is 6.48. The number of nitro groups is 1. The molecule has 0 aliphatic rings. The zero-order valence-electron chi connectivity index (χ0n) is 10.5. The Balaban J connectivity index is 2.40. The number of hydrogen-bond donors (Lipinski definition) is 2. The van der Waals surface area contributed by atoms with Crippen LogP contribution in [0.1, 0.15) is 10.4 Å². The monoisotopic (exact) mass is 353 g/mol. The summed E-state index contributed by atoms with van der Waals surface area (Å²) in [4.78, 5) is 22.1. The van der Waals surface area contributed by atoms with Crippen molar-refractivity contribution in [2.24, 2.45) is 0 Å². The first-order valence-electron chi connectivity index (χ1n) is 5.69. The molecule has 3 N–H and O–H groups in total. The van der Waals surface area contributed by atoms with Crippen LogP contribution in [0.15, 0.2) is 40.9 Å². The molecule has 0 saturated carbocycles. The third-order valence-electron chi connectivity index (χ3n) is 2.69.